The van der Waals surface area contributed by atoms with Crippen molar-refractivity contribution in [3.63, 3.8) is 0 Å². The average molecular weight is 411 g/mol. The Balaban J connectivity index is 2.15. The van der Waals surface area contributed by atoms with Gasteiger partial charge in [0.1, 0.15) is 5.75 Å². The van der Waals surface area contributed by atoms with E-state index in [0.717, 1.165) is 16.8 Å². The zero-order chi connectivity index (χ0) is 17.9. The number of aryl methyl sites for hydroxylation is 1. The molecule has 0 bridgehead atoms. The summed E-state index contributed by atoms with van der Waals surface area (Å²) in [6.45, 7) is 7.93. The molecule has 2 aromatic rings. The third kappa shape index (κ3) is 4.52. The van der Waals surface area contributed by atoms with Crippen molar-refractivity contribution in [3.8, 4) is 5.75 Å². The van der Waals surface area contributed by atoms with Crippen molar-refractivity contribution in [1.82, 2.24) is 0 Å². The van der Waals surface area contributed by atoms with Crippen LogP contribution >= 0.6 is 27.5 Å². The van der Waals surface area contributed by atoms with E-state index in [1.807, 2.05) is 25.1 Å². The molecule has 0 aliphatic heterocycles. The molecule has 2 rings (SSSR count). The molecule has 2 aromatic carbocycles. The summed E-state index contributed by atoms with van der Waals surface area (Å²) in [4.78, 5) is 12.5. The fourth-order valence-corrected chi connectivity index (χ4v) is 3.16. The second kappa shape index (κ2) is 8.04. The largest absolute Gasteiger partial charge is 0.480 e. The summed E-state index contributed by atoms with van der Waals surface area (Å²) < 4.78 is 6.47. The molecule has 5 heteroatoms. The van der Waals surface area contributed by atoms with Crippen molar-refractivity contribution in [3.05, 3.63) is 57.0 Å². The van der Waals surface area contributed by atoms with Gasteiger partial charge in [0.15, 0.2) is 6.10 Å². The number of carbonyl (C=O) groups is 1. The van der Waals surface area contributed by atoms with Gasteiger partial charge in [0, 0.05) is 10.7 Å². The van der Waals surface area contributed by atoms with Crippen LogP contribution in [0.1, 0.15) is 37.8 Å². The Morgan fingerprint density at radius 2 is 1.92 bits per heavy atom. The molecule has 0 spiro atoms. The lowest BCUT2D eigenvalue weighted by molar-refractivity contribution is -0.122. The average Bonchev–Trinajstić information content (AvgIpc) is 2.51. The van der Waals surface area contributed by atoms with Crippen molar-refractivity contribution in [2.45, 2.75) is 39.7 Å². The molecule has 0 radical (unpaired) electrons. The lowest BCUT2D eigenvalue weighted by Crippen LogP contribution is -2.31. The minimum atomic E-state index is -0.637. The van der Waals surface area contributed by atoms with Gasteiger partial charge in [-0.1, -0.05) is 43.6 Å². The molecule has 0 saturated carbocycles. The molecule has 0 saturated heterocycles. The minimum absolute atomic E-state index is 0.187. The highest BCUT2D eigenvalue weighted by atomic mass is 79.9. The zero-order valence-electron chi connectivity index (χ0n) is 14.2. The van der Waals surface area contributed by atoms with E-state index in [9.17, 15) is 4.79 Å². The van der Waals surface area contributed by atoms with Gasteiger partial charge in [-0.15, -0.1) is 0 Å². The van der Waals surface area contributed by atoms with E-state index < -0.39 is 6.10 Å². The number of carbonyl (C=O) groups excluding carboxylic acids is 1. The summed E-state index contributed by atoms with van der Waals surface area (Å²) >= 11 is 9.32. The van der Waals surface area contributed by atoms with Crippen molar-refractivity contribution >= 4 is 39.1 Å². The van der Waals surface area contributed by atoms with E-state index in [-0.39, 0.29) is 5.91 Å². The van der Waals surface area contributed by atoms with Gasteiger partial charge in [0.05, 0.1) is 4.47 Å². The van der Waals surface area contributed by atoms with Gasteiger partial charge in [-0.3, -0.25) is 4.79 Å². The first-order valence-corrected chi connectivity index (χ1v) is 8.98. The maximum absolute atomic E-state index is 12.5. The van der Waals surface area contributed by atoms with E-state index in [0.29, 0.717) is 21.2 Å². The van der Waals surface area contributed by atoms with E-state index >= 15 is 0 Å². The SMILES string of the molecule is Cc1cccc(C(C)C)c1NC(=O)[C@H](C)Oc1ccc(Cl)cc1Br. The van der Waals surface area contributed by atoms with Gasteiger partial charge in [-0.05, 0) is 65.0 Å². The number of hydrogen-bond donors (Lipinski definition) is 1. The molecule has 0 aliphatic rings. The molecule has 0 unspecified atom stereocenters. The maximum Gasteiger partial charge on any atom is 0.265 e. The van der Waals surface area contributed by atoms with Gasteiger partial charge in [-0.2, -0.15) is 0 Å². The van der Waals surface area contributed by atoms with Crippen LogP contribution in [0.4, 0.5) is 5.69 Å². The number of hydrogen-bond acceptors (Lipinski definition) is 2. The van der Waals surface area contributed by atoms with Crippen LogP contribution < -0.4 is 10.1 Å². The number of benzene rings is 2. The second-order valence-corrected chi connectivity index (χ2v) is 7.31. The Bertz CT molecular complexity index is 746. The van der Waals surface area contributed by atoms with Crippen LogP contribution in [-0.4, -0.2) is 12.0 Å². The number of para-hydroxylation sites is 1. The first-order chi connectivity index (χ1) is 11.3. The summed E-state index contributed by atoms with van der Waals surface area (Å²) in [5.74, 6) is 0.714. The predicted octanol–water partition coefficient (Wildman–Crippen LogP) is 5.94. The number of anilines is 1. The zero-order valence-corrected chi connectivity index (χ0v) is 16.5. The van der Waals surface area contributed by atoms with Gasteiger partial charge in [0.25, 0.3) is 5.91 Å². The fourth-order valence-electron chi connectivity index (χ4n) is 2.38. The number of ether oxygens (including phenoxy) is 1. The molecule has 0 aromatic heterocycles. The van der Waals surface area contributed by atoms with Crippen molar-refractivity contribution in [2.24, 2.45) is 0 Å². The topological polar surface area (TPSA) is 38.3 Å². The molecule has 24 heavy (non-hydrogen) atoms. The summed E-state index contributed by atoms with van der Waals surface area (Å²) in [5.41, 5.74) is 3.01. The molecular formula is C19H21BrClNO2. The standard InChI is InChI=1S/C19H21BrClNO2/c1-11(2)15-7-5-6-12(3)18(15)22-19(23)13(4)24-17-9-8-14(21)10-16(17)20/h5-11,13H,1-4H3,(H,22,23)/t13-/m0/s1. The normalized spacial score (nSPS) is 12.1. The summed E-state index contributed by atoms with van der Waals surface area (Å²) in [5, 5.41) is 3.61. The van der Waals surface area contributed by atoms with E-state index in [1.165, 1.54) is 0 Å². The first kappa shape index (κ1) is 18.8. The number of amides is 1. The monoisotopic (exact) mass is 409 g/mol. The molecular weight excluding hydrogens is 390 g/mol. The van der Waals surface area contributed by atoms with E-state index in [4.69, 9.17) is 16.3 Å². The van der Waals surface area contributed by atoms with Crippen molar-refractivity contribution in [1.29, 1.82) is 0 Å². The lowest BCUT2D eigenvalue weighted by atomic mass is 9.98. The molecule has 1 atom stereocenters. The number of rotatable bonds is 5. The molecule has 0 heterocycles. The van der Waals surface area contributed by atoms with Crippen LogP contribution in [0.3, 0.4) is 0 Å². The van der Waals surface area contributed by atoms with E-state index in [2.05, 4.69) is 35.1 Å². The quantitative estimate of drug-likeness (QED) is 0.662. The van der Waals surface area contributed by atoms with Crippen LogP contribution in [0.5, 0.6) is 5.75 Å². The highest BCUT2D eigenvalue weighted by Gasteiger charge is 2.19. The molecule has 1 amide bonds. The minimum Gasteiger partial charge on any atom is -0.480 e. The van der Waals surface area contributed by atoms with Crippen LogP contribution in [-0.2, 0) is 4.79 Å². The molecule has 3 nitrogen and oxygen atoms in total. The van der Waals surface area contributed by atoms with Crippen LogP contribution in [0.15, 0.2) is 40.9 Å². The first-order valence-electron chi connectivity index (χ1n) is 7.81. The van der Waals surface area contributed by atoms with Crippen LogP contribution in [0.2, 0.25) is 5.02 Å². The predicted molar refractivity (Wildman–Crippen MR) is 103 cm³/mol. The van der Waals surface area contributed by atoms with Gasteiger partial charge in [0.2, 0.25) is 0 Å². The van der Waals surface area contributed by atoms with Crippen molar-refractivity contribution in [2.75, 3.05) is 5.32 Å². The Labute approximate surface area is 156 Å². The Morgan fingerprint density at radius 3 is 2.54 bits per heavy atom. The van der Waals surface area contributed by atoms with Gasteiger partial charge >= 0.3 is 0 Å². The summed E-state index contributed by atoms with van der Waals surface area (Å²) in [6.07, 6.45) is -0.637. The highest BCUT2D eigenvalue weighted by molar-refractivity contribution is 9.10. The fraction of sp³-hybridized carbons (Fsp3) is 0.316. The Hall–Kier alpha value is -1.52. The van der Waals surface area contributed by atoms with Crippen LogP contribution in [0.25, 0.3) is 0 Å². The third-order valence-electron chi connectivity index (χ3n) is 3.74. The smallest absolute Gasteiger partial charge is 0.265 e. The summed E-state index contributed by atoms with van der Waals surface area (Å²) in [6, 6.07) is 11.2. The summed E-state index contributed by atoms with van der Waals surface area (Å²) in [7, 11) is 0. The Kier molecular flexibility index (Phi) is 6.30. The van der Waals surface area contributed by atoms with Crippen molar-refractivity contribution < 1.29 is 9.53 Å². The van der Waals surface area contributed by atoms with Gasteiger partial charge < -0.3 is 10.1 Å². The van der Waals surface area contributed by atoms with Gasteiger partial charge in [-0.25, -0.2) is 0 Å². The Morgan fingerprint density at radius 1 is 1.21 bits per heavy atom. The lowest BCUT2D eigenvalue weighted by Gasteiger charge is -2.20. The van der Waals surface area contributed by atoms with E-state index in [1.54, 1.807) is 25.1 Å². The maximum atomic E-state index is 12.5. The van der Waals surface area contributed by atoms with Crippen LogP contribution in [0, 0.1) is 6.92 Å². The third-order valence-corrected chi connectivity index (χ3v) is 4.60. The molecule has 1 N–H and O–H groups in total. The second-order valence-electron chi connectivity index (χ2n) is 6.02. The molecule has 128 valence electrons. The highest BCUT2D eigenvalue weighted by Crippen LogP contribution is 2.30. The number of nitrogens with one attached hydrogen (secondary N) is 1. The number of halogens is 2. The molecule has 0 fully saturated rings. The molecule has 0 aliphatic carbocycles.